The van der Waals surface area contributed by atoms with Crippen molar-refractivity contribution in [2.75, 3.05) is 32.8 Å². The molecule has 2 aromatic carbocycles. The van der Waals surface area contributed by atoms with Gasteiger partial charge in [-0.3, -0.25) is 9.79 Å². The third-order valence-corrected chi connectivity index (χ3v) is 4.92. The van der Waals surface area contributed by atoms with Crippen molar-refractivity contribution < 1.29 is 9.53 Å². The smallest absolute Gasteiger partial charge is 0.221 e. The van der Waals surface area contributed by atoms with Crippen molar-refractivity contribution in [3.8, 4) is 5.75 Å². The van der Waals surface area contributed by atoms with E-state index in [2.05, 4.69) is 51.0 Å². The SMILES string of the molecule is CN=C(NCc1ccc(OC)c(NC(C)=O)c1)N(C)Cc1ccc(SC)cc1. The summed E-state index contributed by atoms with van der Waals surface area (Å²) in [4.78, 5) is 19.1. The lowest BCUT2D eigenvalue weighted by molar-refractivity contribution is -0.114. The van der Waals surface area contributed by atoms with Crippen LogP contribution in [0.3, 0.4) is 0 Å². The Bertz CT molecular complexity index is 822. The van der Waals surface area contributed by atoms with Crippen molar-refractivity contribution in [2.45, 2.75) is 24.9 Å². The lowest BCUT2D eigenvalue weighted by atomic mass is 10.2. The number of nitrogens with one attached hydrogen (secondary N) is 2. The van der Waals surface area contributed by atoms with Crippen LogP contribution >= 0.6 is 11.8 Å². The third kappa shape index (κ3) is 6.20. The molecule has 7 heteroatoms. The molecule has 2 rings (SSSR count). The average Bonchev–Trinajstić information content (AvgIpc) is 2.68. The van der Waals surface area contributed by atoms with Gasteiger partial charge in [-0.1, -0.05) is 18.2 Å². The molecule has 0 radical (unpaired) electrons. The number of hydrogen-bond donors (Lipinski definition) is 2. The fraction of sp³-hybridized carbons (Fsp3) is 0.333. The Balaban J connectivity index is 2.01. The molecular formula is C21H28N4O2S. The summed E-state index contributed by atoms with van der Waals surface area (Å²) >= 11 is 1.74. The van der Waals surface area contributed by atoms with E-state index < -0.39 is 0 Å². The van der Waals surface area contributed by atoms with E-state index in [0.29, 0.717) is 18.0 Å². The highest BCUT2D eigenvalue weighted by Crippen LogP contribution is 2.25. The molecule has 1 amide bonds. The Morgan fingerprint density at radius 3 is 2.43 bits per heavy atom. The average molecular weight is 401 g/mol. The maximum absolute atomic E-state index is 11.4. The number of aliphatic imine (C=N–C) groups is 1. The number of nitrogens with zero attached hydrogens (tertiary/aromatic N) is 2. The number of amides is 1. The molecule has 2 N–H and O–H groups in total. The maximum atomic E-state index is 11.4. The van der Waals surface area contributed by atoms with Crippen LogP contribution in [0, 0.1) is 0 Å². The van der Waals surface area contributed by atoms with Crippen LogP contribution in [0.25, 0.3) is 0 Å². The molecule has 0 saturated heterocycles. The van der Waals surface area contributed by atoms with E-state index in [-0.39, 0.29) is 5.91 Å². The molecule has 0 saturated carbocycles. The van der Waals surface area contributed by atoms with Gasteiger partial charge in [0.15, 0.2) is 5.96 Å². The second kappa shape index (κ2) is 10.6. The normalized spacial score (nSPS) is 11.1. The first kappa shape index (κ1) is 21.6. The minimum absolute atomic E-state index is 0.133. The van der Waals surface area contributed by atoms with Crippen LogP contribution in [0.4, 0.5) is 5.69 Å². The number of anilines is 1. The van der Waals surface area contributed by atoms with E-state index in [1.807, 2.05) is 25.2 Å². The molecule has 0 heterocycles. The Morgan fingerprint density at radius 2 is 1.86 bits per heavy atom. The number of rotatable bonds is 7. The number of benzene rings is 2. The highest BCUT2D eigenvalue weighted by molar-refractivity contribution is 7.98. The van der Waals surface area contributed by atoms with Gasteiger partial charge in [-0.15, -0.1) is 11.8 Å². The van der Waals surface area contributed by atoms with E-state index >= 15 is 0 Å². The molecule has 0 aromatic heterocycles. The number of carbonyl (C=O) groups excluding carboxylic acids is 1. The minimum atomic E-state index is -0.133. The first-order valence-corrected chi connectivity index (χ1v) is 10.2. The lowest BCUT2D eigenvalue weighted by Gasteiger charge is -2.22. The first-order valence-electron chi connectivity index (χ1n) is 8.96. The summed E-state index contributed by atoms with van der Waals surface area (Å²) in [5, 5.41) is 6.16. The zero-order valence-electron chi connectivity index (χ0n) is 17.1. The molecule has 0 fully saturated rings. The quantitative estimate of drug-likeness (QED) is 0.422. The van der Waals surface area contributed by atoms with Gasteiger partial charge in [-0.25, -0.2) is 0 Å². The van der Waals surface area contributed by atoms with Gasteiger partial charge in [-0.05, 0) is 41.6 Å². The monoisotopic (exact) mass is 400 g/mol. The molecule has 0 unspecified atom stereocenters. The summed E-state index contributed by atoms with van der Waals surface area (Å²) < 4.78 is 5.30. The third-order valence-electron chi connectivity index (χ3n) is 4.18. The van der Waals surface area contributed by atoms with Crippen molar-refractivity contribution in [2.24, 2.45) is 4.99 Å². The van der Waals surface area contributed by atoms with Crippen LogP contribution in [-0.2, 0) is 17.9 Å². The number of carbonyl (C=O) groups is 1. The van der Waals surface area contributed by atoms with Gasteiger partial charge < -0.3 is 20.3 Å². The molecule has 0 spiro atoms. The van der Waals surface area contributed by atoms with Gasteiger partial charge in [0.1, 0.15) is 5.75 Å². The second-order valence-corrected chi connectivity index (χ2v) is 7.20. The molecule has 6 nitrogen and oxygen atoms in total. The van der Waals surface area contributed by atoms with Gasteiger partial charge in [-0.2, -0.15) is 0 Å². The Kier molecular flexibility index (Phi) is 8.19. The molecular weight excluding hydrogens is 372 g/mol. The van der Waals surface area contributed by atoms with Crippen molar-refractivity contribution in [3.05, 3.63) is 53.6 Å². The maximum Gasteiger partial charge on any atom is 0.221 e. The zero-order valence-corrected chi connectivity index (χ0v) is 17.9. The molecule has 28 heavy (non-hydrogen) atoms. The van der Waals surface area contributed by atoms with Crippen LogP contribution in [0.15, 0.2) is 52.4 Å². The van der Waals surface area contributed by atoms with E-state index in [9.17, 15) is 4.79 Å². The molecule has 0 atom stereocenters. The molecule has 0 bridgehead atoms. The van der Waals surface area contributed by atoms with Crippen molar-refractivity contribution in [1.29, 1.82) is 0 Å². The zero-order chi connectivity index (χ0) is 20.5. The van der Waals surface area contributed by atoms with E-state index in [4.69, 9.17) is 4.74 Å². The molecule has 150 valence electrons. The standard InChI is InChI=1S/C21H28N4O2S/c1-15(26)24-19-12-17(8-11-20(19)27-4)13-23-21(22-2)25(3)14-16-6-9-18(28-5)10-7-16/h6-12H,13-14H2,1-5H3,(H,22,23)(H,24,26). The fourth-order valence-corrected chi connectivity index (χ4v) is 3.21. The predicted molar refractivity (Wildman–Crippen MR) is 117 cm³/mol. The first-order chi connectivity index (χ1) is 13.5. The number of hydrogen-bond acceptors (Lipinski definition) is 4. The summed E-state index contributed by atoms with van der Waals surface area (Å²) in [6.45, 7) is 2.82. The molecule has 0 aliphatic rings. The second-order valence-electron chi connectivity index (χ2n) is 6.32. The number of thioether (sulfide) groups is 1. The van der Waals surface area contributed by atoms with Crippen molar-refractivity contribution in [1.82, 2.24) is 10.2 Å². The molecule has 2 aromatic rings. The Labute approximate surface area is 171 Å². The highest BCUT2D eigenvalue weighted by Gasteiger charge is 2.09. The largest absolute Gasteiger partial charge is 0.495 e. The van der Waals surface area contributed by atoms with Crippen LogP contribution in [0.1, 0.15) is 18.1 Å². The van der Waals surface area contributed by atoms with Gasteiger partial charge in [0, 0.05) is 39.0 Å². The molecule has 0 aliphatic heterocycles. The number of methoxy groups -OCH3 is 1. The van der Waals surface area contributed by atoms with Crippen molar-refractivity contribution in [3.63, 3.8) is 0 Å². The van der Waals surface area contributed by atoms with Gasteiger partial charge in [0.2, 0.25) is 5.91 Å². The van der Waals surface area contributed by atoms with E-state index in [1.54, 1.807) is 25.9 Å². The summed E-state index contributed by atoms with van der Waals surface area (Å²) in [5.41, 5.74) is 2.90. The van der Waals surface area contributed by atoms with Crippen molar-refractivity contribution >= 4 is 29.3 Å². The van der Waals surface area contributed by atoms with Gasteiger partial charge >= 0.3 is 0 Å². The summed E-state index contributed by atoms with van der Waals surface area (Å²) in [6.07, 6.45) is 2.07. The van der Waals surface area contributed by atoms with Gasteiger partial charge in [0.25, 0.3) is 0 Å². The Morgan fingerprint density at radius 1 is 1.18 bits per heavy atom. The highest BCUT2D eigenvalue weighted by atomic mass is 32.2. The van der Waals surface area contributed by atoms with Gasteiger partial charge in [0.05, 0.1) is 12.8 Å². The fourth-order valence-electron chi connectivity index (χ4n) is 2.80. The number of ether oxygens (including phenoxy) is 1. The van der Waals surface area contributed by atoms with E-state index in [0.717, 1.165) is 18.1 Å². The van der Waals surface area contributed by atoms with E-state index in [1.165, 1.54) is 17.4 Å². The minimum Gasteiger partial charge on any atom is -0.495 e. The summed E-state index contributed by atoms with van der Waals surface area (Å²) in [6, 6.07) is 14.3. The predicted octanol–water partition coefficient (Wildman–Crippen LogP) is 3.58. The van der Waals surface area contributed by atoms with Crippen LogP contribution in [0.2, 0.25) is 0 Å². The van der Waals surface area contributed by atoms with Crippen LogP contribution < -0.4 is 15.4 Å². The topological polar surface area (TPSA) is 66.0 Å². The van der Waals surface area contributed by atoms with Crippen LogP contribution in [0.5, 0.6) is 5.75 Å². The van der Waals surface area contributed by atoms with Crippen LogP contribution in [-0.4, -0.2) is 44.2 Å². The summed E-state index contributed by atoms with van der Waals surface area (Å²) in [5.74, 6) is 1.30. The lowest BCUT2D eigenvalue weighted by Crippen LogP contribution is -2.38. The number of guanidine groups is 1. The Hall–Kier alpha value is -2.67. The summed E-state index contributed by atoms with van der Waals surface area (Å²) in [7, 11) is 5.36. The molecule has 0 aliphatic carbocycles.